The van der Waals surface area contributed by atoms with Crippen LogP contribution in [0.1, 0.15) is 21.5 Å². The molecular formula is C18H20N2OS. The summed E-state index contributed by atoms with van der Waals surface area (Å²) in [7, 11) is 2.08. The second-order valence-electron chi connectivity index (χ2n) is 5.67. The van der Waals surface area contributed by atoms with Gasteiger partial charge in [-0.25, -0.2) is 0 Å². The van der Waals surface area contributed by atoms with Crippen molar-refractivity contribution in [3.63, 3.8) is 0 Å². The number of benzene rings is 2. The highest BCUT2D eigenvalue weighted by Gasteiger charge is 2.17. The first-order valence-electron chi connectivity index (χ1n) is 7.42. The minimum absolute atomic E-state index is 0.0517. The molecule has 0 saturated heterocycles. The molecular weight excluding hydrogens is 292 g/mol. The van der Waals surface area contributed by atoms with Crippen molar-refractivity contribution in [3.8, 4) is 0 Å². The van der Waals surface area contributed by atoms with Crippen LogP contribution in [0.3, 0.4) is 0 Å². The maximum Gasteiger partial charge on any atom is 0.255 e. The average molecular weight is 312 g/mol. The zero-order valence-corrected chi connectivity index (χ0v) is 14.0. The number of nitrogens with one attached hydrogen (secondary N) is 1. The summed E-state index contributed by atoms with van der Waals surface area (Å²) in [5, 5.41) is 3.05. The van der Waals surface area contributed by atoms with E-state index in [0.29, 0.717) is 5.56 Å². The van der Waals surface area contributed by atoms with Gasteiger partial charge >= 0.3 is 0 Å². The molecule has 0 fully saturated rings. The van der Waals surface area contributed by atoms with E-state index in [4.69, 9.17) is 0 Å². The largest absolute Gasteiger partial charge is 0.373 e. The molecule has 4 heteroatoms. The number of aryl methyl sites for hydroxylation is 2. The number of para-hydroxylation sites is 1. The van der Waals surface area contributed by atoms with E-state index in [2.05, 4.69) is 23.3 Å². The van der Waals surface area contributed by atoms with Gasteiger partial charge in [-0.2, -0.15) is 0 Å². The molecule has 0 spiro atoms. The van der Waals surface area contributed by atoms with Crippen molar-refractivity contribution in [1.82, 2.24) is 0 Å². The fourth-order valence-corrected chi connectivity index (χ4v) is 3.80. The highest BCUT2D eigenvalue weighted by molar-refractivity contribution is 7.99. The molecule has 0 radical (unpaired) electrons. The van der Waals surface area contributed by atoms with Gasteiger partial charge in [-0.15, -0.1) is 11.8 Å². The quantitative estimate of drug-likeness (QED) is 0.906. The third-order valence-electron chi connectivity index (χ3n) is 4.04. The van der Waals surface area contributed by atoms with Crippen LogP contribution in [0.5, 0.6) is 0 Å². The Morgan fingerprint density at radius 3 is 2.64 bits per heavy atom. The van der Waals surface area contributed by atoms with E-state index in [1.54, 1.807) is 0 Å². The van der Waals surface area contributed by atoms with Crippen LogP contribution < -0.4 is 10.2 Å². The van der Waals surface area contributed by atoms with Gasteiger partial charge in [0.15, 0.2) is 0 Å². The van der Waals surface area contributed by atoms with E-state index < -0.39 is 0 Å². The normalized spacial score (nSPS) is 13.7. The second-order valence-corrected chi connectivity index (χ2v) is 6.81. The third-order valence-corrected chi connectivity index (χ3v) is 5.08. The van der Waals surface area contributed by atoms with Crippen molar-refractivity contribution in [2.75, 3.05) is 29.6 Å². The predicted molar refractivity (Wildman–Crippen MR) is 94.3 cm³/mol. The fourth-order valence-electron chi connectivity index (χ4n) is 2.69. The van der Waals surface area contributed by atoms with Gasteiger partial charge in [0.25, 0.3) is 5.91 Å². The van der Waals surface area contributed by atoms with Crippen molar-refractivity contribution in [2.45, 2.75) is 18.7 Å². The Kier molecular flexibility index (Phi) is 4.12. The number of carbonyl (C=O) groups excluding carboxylic acids is 1. The first-order valence-corrected chi connectivity index (χ1v) is 8.40. The average Bonchev–Trinajstić information content (AvgIpc) is 2.51. The molecule has 3 nitrogen and oxygen atoms in total. The number of amides is 1. The number of anilines is 2. The second kappa shape index (κ2) is 6.05. The van der Waals surface area contributed by atoms with Gasteiger partial charge in [0.1, 0.15) is 0 Å². The van der Waals surface area contributed by atoms with Gasteiger partial charge in [0, 0.05) is 35.5 Å². The smallest absolute Gasteiger partial charge is 0.255 e. The van der Waals surface area contributed by atoms with E-state index in [9.17, 15) is 4.79 Å². The summed E-state index contributed by atoms with van der Waals surface area (Å²) in [6.07, 6.45) is 0. The highest BCUT2D eigenvalue weighted by Crippen LogP contribution is 2.34. The molecule has 0 aliphatic carbocycles. The molecule has 3 rings (SSSR count). The predicted octanol–water partition coefficient (Wildman–Crippen LogP) is 4.10. The molecule has 0 unspecified atom stereocenters. The lowest BCUT2D eigenvalue weighted by molar-refractivity contribution is 0.102. The van der Waals surface area contributed by atoms with E-state index in [1.807, 2.05) is 55.9 Å². The van der Waals surface area contributed by atoms with Crippen LogP contribution in [0, 0.1) is 13.8 Å². The van der Waals surface area contributed by atoms with E-state index in [-0.39, 0.29) is 5.91 Å². The molecule has 114 valence electrons. The monoisotopic (exact) mass is 312 g/mol. The molecule has 0 atom stereocenters. The van der Waals surface area contributed by atoms with Gasteiger partial charge in [-0.3, -0.25) is 4.79 Å². The number of rotatable bonds is 2. The summed E-state index contributed by atoms with van der Waals surface area (Å²) < 4.78 is 0. The molecule has 0 aromatic heterocycles. The van der Waals surface area contributed by atoms with Gasteiger partial charge in [-0.05, 0) is 43.2 Å². The molecule has 0 bridgehead atoms. The van der Waals surface area contributed by atoms with Crippen molar-refractivity contribution < 1.29 is 4.79 Å². The first-order chi connectivity index (χ1) is 10.6. The summed E-state index contributed by atoms with van der Waals surface area (Å²) in [5.41, 5.74) is 4.92. The summed E-state index contributed by atoms with van der Waals surface area (Å²) in [5.74, 6) is 1.04. The molecule has 0 saturated carbocycles. The SMILES string of the molecule is Cc1cccc(C)c1NC(=O)c1ccc2c(c1)N(C)CCS2. The van der Waals surface area contributed by atoms with Gasteiger partial charge in [0.2, 0.25) is 0 Å². The number of hydrogen-bond acceptors (Lipinski definition) is 3. The van der Waals surface area contributed by atoms with Crippen LogP contribution in [0.2, 0.25) is 0 Å². The number of fused-ring (bicyclic) bond motifs is 1. The van der Waals surface area contributed by atoms with Gasteiger partial charge < -0.3 is 10.2 Å². The van der Waals surface area contributed by atoms with Crippen LogP contribution in [0.25, 0.3) is 0 Å². The lowest BCUT2D eigenvalue weighted by Crippen LogP contribution is -2.25. The van der Waals surface area contributed by atoms with Gasteiger partial charge in [0.05, 0.1) is 5.69 Å². The number of thioether (sulfide) groups is 1. The van der Waals surface area contributed by atoms with Gasteiger partial charge in [-0.1, -0.05) is 18.2 Å². The Hall–Kier alpha value is -1.94. The Morgan fingerprint density at radius 1 is 1.18 bits per heavy atom. The topological polar surface area (TPSA) is 32.3 Å². The van der Waals surface area contributed by atoms with Crippen molar-refractivity contribution >= 4 is 29.0 Å². The Bertz CT molecular complexity index is 707. The molecule has 1 heterocycles. The Morgan fingerprint density at radius 2 is 1.91 bits per heavy atom. The minimum atomic E-state index is -0.0517. The number of hydrogen-bond donors (Lipinski definition) is 1. The third kappa shape index (κ3) is 2.83. The lowest BCUT2D eigenvalue weighted by atomic mass is 10.1. The number of carbonyl (C=O) groups is 1. The number of nitrogens with zero attached hydrogens (tertiary/aromatic N) is 1. The molecule has 1 aliphatic rings. The zero-order valence-electron chi connectivity index (χ0n) is 13.1. The van der Waals surface area contributed by atoms with Crippen LogP contribution in [0.4, 0.5) is 11.4 Å². The zero-order chi connectivity index (χ0) is 15.7. The standard InChI is InChI=1S/C18H20N2OS/c1-12-5-4-6-13(2)17(12)19-18(21)14-7-8-16-15(11-14)20(3)9-10-22-16/h4-8,11H,9-10H2,1-3H3,(H,19,21). The maximum absolute atomic E-state index is 12.6. The summed E-state index contributed by atoms with van der Waals surface area (Å²) in [6, 6.07) is 12.0. The molecule has 22 heavy (non-hydrogen) atoms. The molecule has 1 aliphatic heterocycles. The Labute approximate surface area is 135 Å². The van der Waals surface area contributed by atoms with E-state index in [0.717, 1.165) is 34.8 Å². The maximum atomic E-state index is 12.6. The summed E-state index contributed by atoms with van der Waals surface area (Å²) in [6.45, 7) is 5.04. The van der Waals surface area contributed by atoms with Crippen molar-refractivity contribution in [1.29, 1.82) is 0 Å². The lowest BCUT2D eigenvalue weighted by Gasteiger charge is -2.27. The van der Waals surface area contributed by atoms with Crippen molar-refractivity contribution in [3.05, 3.63) is 53.1 Å². The van der Waals surface area contributed by atoms with Crippen LogP contribution >= 0.6 is 11.8 Å². The molecule has 2 aromatic rings. The Balaban J connectivity index is 1.88. The highest BCUT2D eigenvalue weighted by atomic mass is 32.2. The molecule has 1 amide bonds. The van der Waals surface area contributed by atoms with Crippen LogP contribution in [-0.4, -0.2) is 25.3 Å². The summed E-state index contributed by atoms with van der Waals surface area (Å²) in [4.78, 5) is 16.0. The first kappa shape index (κ1) is 15.0. The van der Waals surface area contributed by atoms with Crippen LogP contribution in [-0.2, 0) is 0 Å². The fraction of sp³-hybridized carbons (Fsp3) is 0.278. The minimum Gasteiger partial charge on any atom is -0.373 e. The molecule has 2 aromatic carbocycles. The van der Waals surface area contributed by atoms with Crippen molar-refractivity contribution in [2.24, 2.45) is 0 Å². The van der Waals surface area contributed by atoms with E-state index >= 15 is 0 Å². The molecule has 1 N–H and O–H groups in total. The van der Waals surface area contributed by atoms with E-state index in [1.165, 1.54) is 4.90 Å². The summed E-state index contributed by atoms with van der Waals surface area (Å²) >= 11 is 1.85. The van der Waals surface area contributed by atoms with Crippen LogP contribution in [0.15, 0.2) is 41.3 Å².